The minimum absolute atomic E-state index is 0.862. The monoisotopic (exact) mass is 342 g/mol. The zero-order valence-electron chi connectivity index (χ0n) is 13.0. The number of halogens is 1. The third-order valence-electron chi connectivity index (χ3n) is 4.03. The number of nitrogens with zero attached hydrogens (tertiary/aromatic N) is 3. The fourth-order valence-corrected chi connectivity index (χ4v) is 3.36. The number of hydrogen-bond acceptors (Lipinski definition) is 3. The highest BCUT2D eigenvalue weighted by Gasteiger charge is 2.27. The molecule has 0 radical (unpaired) electrons. The summed E-state index contributed by atoms with van der Waals surface area (Å²) in [6.45, 7) is 11.8. The first-order valence-electron chi connectivity index (χ1n) is 7.90. The predicted molar refractivity (Wildman–Crippen MR) is 87.0 cm³/mol. The molecule has 1 fully saturated rings. The van der Waals surface area contributed by atoms with E-state index in [2.05, 4.69) is 56.7 Å². The van der Waals surface area contributed by atoms with Gasteiger partial charge in [-0.2, -0.15) is 5.10 Å². The van der Waals surface area contributed by atoms with Gasteiger partial charge in [0.1, 0.15) is 0 Å². The van der Waals surface area contributed by atoms with Crippen LogP contribution in [0, 0.1) is 0 Å². The number of aryl methyl sites for hydroxylation is 2. The molecule has 0 bridgehead atoms. The van der Waals surface area contributed by atoms with Crippen molar-refractivity contribution in [3.05, 3.63) is 15.9 Å². The molecule has 20 heavy (non-hydrogen) atoms. The maximum atomic E-state index is 4.63. The summed E-state index contributed by atoms with van der Waals surface area (Å²) in [6, 6.07) is 0.862. The van der Waals surface area contributed by atoms with E-state index in [-0.39, 0.29) is 0 Å². The normalized spacial score (nSPS) is 15.2. The average Bonchev–Trinajstić information content (AvgIpc) is 3.25. The van der Waals surface area contributed by atoms with Gasteiger partial charge in [0.15, 0.2) is 0 Å². The van der Waals surface area contributed by atoms with Gasteiger partial charge < -0.3 is 5.32 Å². The first-order valence-corrected chi connectivity index (χ1v) is 8.69. The summed E-state index contributed by atoms with van der Waals surface area (Å²) in [7, 11) is 0. The summed E-state index contributed by atoms with van der Waals surface area (Å²) in [5.41, 5.74) is 2.44. The van der Waals surface area contributed by atoms with E-state index < -0.39 is 0 Å². The van der Waals surface area contributed by atoms with E-state index in [1.165, 1.54) is 29.6 Å². The minimum atomic E-state index is 0.862. The molecule has 1 aliphatic rings. The summed E-state index contributed by atoms with van der Waals surface area (Å²) >= 11 is 3.70. The molecular formula is C15H27BrN4. The van der Waals surface area contributed by atoms with Gasteiger partial charge in [-0.05, 0) is 48.7 Å². The van der Waals surface area contributed by atoms with E-state index in [4.69, 9.17) is 0 Å². The topological polar surface area (TPSA) is 33.1 Å². The van der Waals surface area contributed by atoms with Crippen LogP contribution in [0.2, 0.25) is 0 Å². The van der Waals surface area contributed by atoms with E-state index in [9.17, 15) is 0 Å². The van der Waals surface area contributed by atoms with E-state index >= 15 is 0 Å². The number of aromatic nitrogens is 2. The van der Waals surface area contributed by atoms with Crippen LogP contribution in [0.1, 0.15) is 45.0 Å². The van der Waals surface area contributed by atoms with E-state index in [0.29, 0.717) is 0 Å². The van der Waals surface area contributed by atoms with Crippen molar-refractivity contribution in [3.63, 3.8) is 0 Å². The number of likely N-dealkylation sites (N-methyl/N-ethyl adjacent to an activating group) is 1. The number of nitrogens with one attached hydrogen (secondary N) is 1. The number of hydrogen-bond donors (Lipinski definition) is 1. The van der Waals surface area contributed by atoms with Gasteiger partial charge in [-0.25, -0.2) is 0 Å². The molecule has 0 atom stereocenters. The zero-order chi connectivity index (χ0) is 14.5. The second-order valence-corrected chi connectivity index (χ2v) is 6.21. The molecule has 1 N–H and O–H groups in total. The fraction of sp³-hybridized carbons (Fsp3) is 0.800. The van der Waals surface area contributed by atoms with E-state index in [1.807, 2.05) is 0 Å². The van der Waals surface area contributed by atoms with Crippen LogP contribution in [0.15, 0.2) is 4.47 Å². The second kappa shape index (κ2) is 7.57. The summed E-state index contributed by atoms with van der Waals surface area (Å²) < 4.78 is 3.29. The average molecular weight is 343 g/mol. The van der Waals surface area contributed by atoms with Gasteiger partial charge in [0.05, 0.1) is 15.9 Å². The third kappa shape index (κ3) is 3.83. The molecule has 0 aromatic carbocycles. The van der Waals surface area contributed by atoms with Crippen LogP contribution in [0.3, 0.4) is 0 Å². The van der Waals surface area contributed by atoms with Crippen molar-refractivity contribution in [2.24, 2.45) is 0 Å². The molecule has 0 saturated heterocycles. The molecule has 4 nitrogen and oxygen atoms in total. The molecule has 1 aromatic heterocycles. The molecule has 2 rings (SSSR count). The Bertz CT molecular complexity index is 426. The molecular weight excluding hydrogens is 316 g/mol. The van der Waals surface area contributed by atoms with Crippen LogP contribution in [0.4, 0.5) is 0 Å². The Labute approximate surface area is 131 Å². The third-order valence-corrected chi connectivity index (χ3v) is 4.95. The Morgan fingerprint density at radius 1 is 1.35 bits per heavy atom. The smallest absolute Gasteiger partial charge is 0.0767 e. The molecule has 5 heteroatoms. The lowest BCUT2D eigenvalue weighted by molar-refractivity contribution is 0.276. The zero-order valence-corrected chi connectivity index (χ0v) is 14.5. The van der Waals surface area contributed by atoms with Crippen molar-refractivity contribution in [1.29, 1.82) is 0 Å². The van der Waals surface area contributed by atoms with Crippen molar-refractivity contribution in [3.8, 4) is 0 Å². The van der Waals surface area contributed by atoms with Gasteiger partial charge in [0.2, 0.25) is 0 Å². The van der Waals surface area contributed by atoms with Gasteiger partial charge in [0.25, 0.3) is 0 Å². The van der Waals surface area contributed by atoms with Crippen molar-refractivity contribution < 1.29 is 0 Å². The predicted octanol–water partition coefficient (Wildman–Crippen LogP) is 2.80. The largest absolute Gasteiger partial charge is 0.310 e. The van der Waals surface area contributed by atoms with Gasteiger partial charge in [-0.15, -0.1) is 0 Å². The molecule has 1 aromatic rings. The molecule has 1 heterocycles. The van der Waals surface area contributed by atoms with Crippen LogP contribution in [0.25, 0.3) is 0 Å². The Kier molecular flexibility index (Phi) is 6.05. The van der Waals surface area contributed by atoms with Crippen molar-refractivity contribution in [1.82, 2.24) is 20.0 Å². The van der Waals surface area contributed by atoms with Crippen LogP contribution in [-0.2, 0) is 19.5 Å². The van der Waals surface area contributed by atoms with Crippen LogP contribution < -0.4 is 5.32 Å². The Morgan fingerprint density at radius 2 is 2.10 bits per heavy atom. The molecule has 0 unspecified atom stereocenters. The second-order valence-electron chi connectivity index (χ2n) is 5.41. The van der Waals surface area contributed by atoms with Crippen molar-refractivity contribution in [2.45, 2.75) is 59.2 Å². The lowest BCUT2D eigenvalue weighted by Crippen LogP contribution is -2.33. The number of rotatable bonds is 9. The lowest BCUT2D eigenvalue weighted by Gasteiger charge is -2.19. The highest BCUT2D eigenvalue weighted by atomic mass is 79.9. The Balaban J connectivity index is 1.82. The van der Waals surface area contributed by atoms with Crippen LogP contribution >= 0.6 is 15.9 Å². The lowest BCUT2D eigenvalue weighted by atomic mass is 10.3. The summed E-state index contributed by atoms with van der Waals surface area (Å²) in [5.74, 6) is 0. The van der Waals surface area contributed by atoms with E-state index in [1.54, 1.807) is 0 Å². The van der Waals surface area contributed by atoms with Crippen LogP contribution in [0.5, 0.6) is 0 Å². The first-order chi connectivity index (χ1) is 9.71. The highest BCUT2D eigenvalue weighted by molar-refractivity contribution is 9.10. The quantitative estimate of drug-likeness (QED) is 0.700. The molecule has 0 spiro atoms. The standard InChI is InChI=1S/C15H27BrN4/c1-4-13-15(16)14(20(6-3)18-13)11-17-9-10-19(5-2)12-7-8-12/h12,17H,4-11H2,1-3H3. The van der Waals surface area contributed by atoms with Crippen LogP contribution in [-0.4, -0.2) is 40.4 Å². The fourth-order valence-electron chi connectivity index (χ4n) is 2.65. The molecule has 0 amide bonds. The Hall–Kier alpha value is -0.390. The van der Waals surface area contributed by atoms with Crippen molar-refractivity contribution in [2.75, 3.05) is 19.6 Å². The SMILES string of the molecule is CCc1nn(CC)c(CNCCN(CC)C2CC2)c1Br. The Morgan fingerprint density at radius 3 is 2.65 bits per heavy atom. The minimum Gasteiger partial charge on any atom is -0.310 e. The summed E-state index contributed by atoms with van der Waals surface area (Å²) in [4.78, 5) is 2.58. The molecule has 1 aliphatic carbocycles. The molecule has 1 saturated carbocycles. The van der Waals surface area contributed by atoms with Gasteiger partial charge >= 0.3 is 0 Å². The van der Waals surface area contributed by atoms with Crippen molar-refractivity contribution >= 4 is 15.9 Å². The first kappa shape index (κ1) is 16.0. The summed E-state index contributed by atoms with van der Waals surface area (Å²) in [6.07, 6.45) is 3.76. The highest BCUT2D eigenvalue weighted by Crippen LogP contribution is 2.26. The molecule has 114 valence electrons. The molecule has 0 aliphatic heterocycles. The van der Waals surface area contributed by atoms with Gasteiger partial charge in [0, 0.05) is 32.2 Å². The van der Waals surface area contributed by atoms with Gasteiger partial charge in [-0.3, -0.25) is 9.58 Å². The maximum Gasteiger partial charge on any atom is 0.0767 e. The van der Waals surface area contributed by atoms with E-state index in [0.717, 1.165) is 44.3 Å². The maximum absolute atomic E-state index is 4.63. The van der Waals surface area contributed by atoms with Gasteiger partial charge in [-0.1, -0.05) is 13.8 Å². The summed E-state index contributed by atoms with van der Waals surface area (Å²) in [5, 5.41) is 8.20.